The molecule has 1 aliphatic rings. The fraction of sp³-hybridized carbons (Fsp3) is 1.00. The molecule has 2 radical (unpaired) electrons. The normalized spacial score (nSPS) is 47.9. The summed E-state index contributed by atoms with van der Waals surface area (Å²) in [7, 11) is 5.52. The first-order valence-corrected chi connectivity index (χ1v) is 3.78. The van der Waals surface area contributed by atoms with Gasteiger partial charge in [-0.05, 0) is 11.7 Å². The molecule has 1 saturated carbocycles. The summed E-state index contributed by atoms with van der Waals surface area (Å²) < 4.78 is 0. The largest absolute Gasteiger partial charge is 0.391 e. The summed E-state index contributed by atoms with van der Waals surface area (Å²) in [4.78, 5) is 0. The molecule has 0 spiro atoms. The molecule has 2 nitrogen and oxygen atoms in total. The molecule has 1 aliphatic carbocycles. The number of hydrogen-bond acceptors (Lipinski definition) is 2. The average Bonchev–Trinajstić information content (AvgIpc) is 2.17. The lowest BCUT2D eigenvalue weighted by Crippen LogP contribution is -2.26. The molecule has 2 N–H and O–H groups in total. The Morgan fingerprint density at radius 2 is 2.00 bits per heavy atom. The predicted octanol–water partition coefficient (Wildman–Crippen LogP) is 0.0951. The third-order valence-corrected chi connectivity index (χ3v) is 2.37. The van der Waals surface area contributed by atoms with Gasteiger partial charge in [0.15, 0.2) is 0 Å². The van der Waals surface area contributed by atoms with Gasteiger partial charge in [0.25, 0.3) is 0 Å². The van der Waals surface area contributed by atoms with E-state index in [1.165, 1.54) is 0 Å². The van der Waals surface area contributed by atoms with E-state index in [0.717, 1.165) is 12.8 Å². The maximum Gasteiger partial charge on any atom is 0.0822 e. The van der Waals surface area contributed by atoms with E-state index in [9.17, 15) is 10.2 Å². The van der Waals surface area contributed by atoms with Crippen LogP contribution < -0.4 is 0 Å². The number of rotatable bonds is 1. The fourth-order valence-corrected chi connectivity index (χ4v) is 1.57. The van der Waals surface area contributed by atoms with Crippen LogP contribution in [0.3, 0.4) is 0 Å². The highest BCUT2D eigenvalue weighted by atomic mass is 16.3. The molecular formula is C7H13BO2. The van der Waals surface area contributed by atoms with Crippen molar-refractivity contribution in [3.05, 3.63) is 0 Å². The Morgan fingerprint density at radius 1 is 1.40 bits per heavy atom. The van der Waals surface area contributed by atoms with Gasteiger partial charge in [0.05, 0.1) is 20.1 Å². The van der Waals surface area contributed by atoms with Crippen molar-refractivity contribution in [1.29, 1.82) is 0 Å². The van der Waals surface area contributed by atoms with Gasteiger partial charge in [-0.2, -0.15) is 0 Å². The zero-order chi connectivity index (χ0) is 7.72. The number of aliphatic hydroxyl groups is 2. The lowest BCUT2D eigenvalue weighted by atomic mass is 9.83. The van der Waals surface area contributed by atoms with Gasteiger partial charge in [0.2, 0.25) is 0 Å². The lowest BCUT2D eigenvalue weighted by Gasteiger charge is -2.14. The van der Waals surface area contributed by atoms with Crippen molar-refractivity contribution < 1.29 is 10.2 Å². The van der Waals surface area contributed by atoms with Gasteiger partial charge in [0.1, 0.15) is 0 Å². The molecule has 10 heavy (non-hydrogen) atoms. The highest BCUT2D eigenvalue weighted by Gasteiger charge is 2.36. The molecule has 1 rings (SSSR count). The number of hydrogen-bond donors (Lipinski definition) is 2. The Balaban J connectivity index is 2.53. The quantitative estimate of drug-likeness (QED) is 0.507. The second-order valence-electron chi connectivity index (χ2n) is 3.05. The first-order chi connectivity index (χ1) is 4.66. The van der Waals surface area contributed by atoms with Crippen molar-refractivity contribution in [1.82, 2.24) is 0 Å². The van der Waals surface area contributed by atoms with Crippen molar-refractivity contribution in [3.63, 3.8) is 0 Å². The Hall–Kier alpha value is -0.0151. The highest BCUT2D eigenvalue weighted by molar-refractivity contribution is 6.12. The first-order valence-electron chi connectivity index (χ1n) is 3.78. The molecule has 0 aromatic carbocycles. The molecule has 4 atom stereocenters. The molecule has 0 saturated heterocycles. The van der Waals surface area contributed by atoms with Crippen LogP contribution in [-0.4, -0.2) is 30.3 Å². The minimum atomic E-state index is -0.704. The molecule has 0 aliphatic heterocycles. The second-order valence-corrected chi connectivity index (χ2v) is 3.05. The summed E-state index contributed by atoms with van der Waals surface area (Å²) in [6.07, 6.45) is 0.343. The van der Waals surface area contributed by atoms with Gasteiger partial charge in [-0.1, -0.05) is 19.8 Å². The molecule has 0 heterocycles. The molecule has 0 aromatic heterocycles. The highest BCUT2D eigenvalue weighted by Crippen LogP contribution is 2.35. The van der Waals surface area contributed by atoms with Crippen molar-refractivity contribution in [2.45, 2.75) is 37.8 Å². The summed E-state index contributed by atoms with van der Waals surface area (Å²) in [5, 5.41) is 18.5. The molecule has 0 aromatic rings. The summed E-state index contributed by atoms with van der Waals surface area (Å²) in [6, 6.07) is 0. The summed E-state index contributed by atoms with van der Waals surface area (Å²) in [6.45, 7) is 2.00. The SMILES string of the molecule is [B]C1CC(CC)C(O)C1O. The summed E-state index contributed by atoms with van der Waals surface area (Å²) in [5.41, 5.74) is 0. The molecular weight excluding hydrogens is 127 g/mol. The van der Waals surface area contributed by atoms with Crippen molar-refractivity contribution >= 4 is 7.85 Å². The van der Waals surface area contributed by atoms with E-state index in [-0.39, 0.29) is 11.7 Å². The van der Waals surface area contributed by atoms with E-state index < -0.39 is 12.2 Å². The Kier molecular flexibility index (Phi) is 2.37. The van der Waals surface area contributed by atoms with Gasteiger partial charge in [-0.15, -0.1) is 0 Å². The zero-order valence-electron chi connectivity index (χ0n) is 6.20. The van der Waals surface area contributed by atoms with Crippen LogP contribution in [0.1, 0.15) is 19.8 Å². The van der Waals surface area contributed by atoms with Crippen molar-refractivity contribution in [2.75, 3.05) is 0 Å². The van der Waals surface area contributed by atoms with Crippen LogP contribution in [-0.2, 0) is 0 Å². The van der Waals surface area contributed by atoms with Crippen molar-refractivity contribution in [3.8, 4) is 0 Å². The molecule has 56 valence electrons. The van der Waals surface area contributed by atoms with E-state index in [2.05, 4.69) is 0 Å². The molecule has 1 fully saturated rings. The monoisotopic (exact) mass is 140 g/mol. The summed E-state index contributed by atoms with van der Waals surface area (Å²) >= 11 is 0. The molecule has 3 heteroatoms. The van der Waals surface area contributed by atoms with Crippen LogP contribution >= 0.6 is 0 Å². The van der Waals surface area contributed by atoms with E-state index in [4.69, 9.17) is 7.85 Å². The first kappa shape index (κ1) is 8.09. The maximum atomic E-state index is 9.30. The zero-order valence-corrected chi connectivity index (χ0v) is 6.20. The van der Waals surface area contributed by atoms with Crippen molar-refractivity contribution in [2.24, 2.45) is 5.92 Å². The van der Waals surface area contributed by atoms with Crippen LogP contribution in [0, 0.1) is 5.92 Å². The Labute approximate surface area is 62.7 Å². The third kappa shape index (κ3) is 1.20. The van der Waals surface area contributed by atoms with Crippen LogP contribution in [0.5, 0.6) is 0 Å². The van der Waals surface area contributed by atoms with Crippen LogP contribution in [0.15, 0.2) is 0 Å². The minimum absolute atomic E-state index is 0.199. The van der Waals surface area contributed by atoms with Crippen LogP contribution in [0.25, 0.3) is 0 Å². The topological polar surface area (TPSA) is 40.5 Å². The minimum Gasteiger partial charge on any atom is -0.391 e. The second kappa shape index (κ2) is 2.93. The summed E-state index contributed by atoms with van der Waals surface area (Å²) in [5.74, 6) is -0.0232. The fourth-order valence-electron chi connectivity index (χ4n) is 1.57. The Morgan fingerprint density at radius 3 is 2.20 bits per heavy atom. The van der Waals surface area contributed by atoms with E-state index in [0.29, 0.717) is 0 Å². The molecule has 0 amide bonds. The third-order valence-electron chi connectivity index (χ3n) is 2.37. The van der Waals surface area contributed by atoms with Gasteiger partial charge >= 0.3 is 0 Å². The maximum absolute atomic E-state index is 9.30. The van der Waals surface area contributed by atoms with Crippen LogP contribution in [0.2, 0.25) is 5.82 Å². The Bertz CT molecular complexity index is 118. The van der Waals surface area contributed by atoms with Gasteiger partial charge in [0, 0.05) is 0 Å². The van der Waals surface area contributed by atoms with Crippen LogP contribution in [0.4, 0.5) is 0 Å². The predicted molar refractivity (Wildman–Crippen MR) is 39.9 cm³/mol. The molecule has 4 unspecified atom stereocenters. The smallest absolute Gasteiger partial charge is 0.0822 e. The standard InChI is InChI=1S/C7H13BO2/c1-2-4-3-5(8)7(10)6(4)9/h4-7,9-10H,2-3H2,1H3. The lowest BCUT2D eigenvalue weighted by molar-refractivity contribution is 0.0202. The van der Waals surface area contributed by atoms with Gasteiger partial charge in [-0.25, -0.2) is 0 Å². The van der Waals surface area contributed by atoms with Gasteiger partial charge in [-0.3, -0.25) is 0 Å². The van der Waals surface area contributed by atoms with E-state index in [1.807, 2.05) is 6.92 Å². The molecule has 0 bridgehead atoms. The van der Waals surface area contributed by atoms with Gasteiger partial charge < -0.3 is 10.2 Å². The number of aliphatic hydroxyl groups excluding tert-OH is 2. The van der Waals surface area contributed by atoms with E-state index >= 15 is 0 Å². The van der Waals surface area contributed by atoms with E-state index in [1.54, 1.807) is 0 Å². The average molecular weight is 140 g/mol.